The van der Waals surface area contributed by atoms with Gasteiger partial charge in [-0.25, -0.2) is 4.98 Å². The molecule has 0 saturated carbocycles. The van der Waals surface area contributed by atoms with Gasteiger partial charge >= 0.3 is 0 Å². The molecule has 0 fully saturated rings. The standard InChI is InChI=1S/C16H17Cl2N3O/c1-3-21(4-2)16(22)14-9-8-11(10-19-14)20-15-12(17)6-5-7-13(15)18/h5-10,20H,3-4H2,1-2H3. The van der Waals surface area contributed by atoms with Gasteiger partial charge in [-0.3, -0.25) is 4.79 Å². The van der Waals surface area contributed by atoms with Gasteiger partial charge in [-0.05, 0) is 38.1 Å². The van der Waals surface area contributed by atoms with E-state index in [0.29, 0.717) is 40.2 Å². The number of aromatic nitrogens is 1. The number of nitrogens with one attached hydrogen (secondary N) is 1. The summed E-state index contributed by atoms with van der Waals surface area (Å²) in [6.07, 6.45) is 1.59. The highest BCUT2D eigenvalue weighted by atomic mass is 35.5. The first-order valence-corrected chi connectivity index (χ1v) is 7.78. The third-order valence-electron chi connectivity index (χ3n) is 3.27. The Bertz CT molecular complexity index is 635. The molecule has 0 unspecified atom stereocenters. The Morgan fingerprint density at radius 2 is 1.77 bits per heavy atom. The highest BCUT2D eigenvalue weighted by Crippen LogP contribution is 2.32. The molecule has 1 amide bonds. The molecule has 0 radical (unpaired) electrons. The maximum atomic E-state index is 12.2. The zero-order valence-electron chi connectivity index (χ0n) is 12.4. The monoisotopic (exact) mass is 337 g/mol. The molecule has 0 aliphatic carbocycles. The number of carbonyl (C=O) groups is 1. The zero-order valence-corrected chi connectivity index (χ0v) is 13.9. The van der Waals surface area contributed by atoms with E-state index >= 15 is 0 Å². The average Bonchev–Trinajstić information content (AvgIpc) is 2.53. The Morgan fingerprint density at radius 1 is 1.14 bits per heavy atom. The van der Waals surface area contributed by atoms with Crippen LogP contribution in [0.15, 0.2) is 36.5 Å². The van der Waals surface area contributed by atoms with E-state index in [0.717, 1.165) is 0 Å². The molecular weight excluding hydrogens is 321 g/mol. The number of para-hydroxylation sites is 1. The van der Waals surface area contributed by atoms with Crippen LogP contribution in [0, 0.1) is 0 Å². The minimum atomic E-state index is -0.0766. The number of hydrogen-bond donors (Lipinski definition) is 1. The Hall–Kier alpha value is -1.78. The van der Waals surface area contributed by atoms with Crippen LogP contribution in [0.2, 0.25) is 10.0 Å². The maximum absolute atomic E-state index is 12.2. The number of nitrogens with zero attached hydrogens (tertiary/aromatic N) is 2. The van der Waals surface area contributed by atoms with Crippen LogP contribution in [-0.2, 0) is 0 Å². The summed E-state index contributed by atoms with van der Waals surface area (Å²) in [6, 6.07) is 8.75. The fourth-order valence-corrected chi connectivity index (χ4v) is 2.52. The van der Waals surface area contributed by atoms with E-state index in [2.05, 4.69) is 10.3 Å². The number of halogens is 2. The molecule has 4 nitrogen and oxygen atoms in total. The lowest BCUT2D eigenvalue weighted by molar-refractivity contribution is 0.0767. The summed E-state index contributed by atoms with van der Waals surface area (Å²) in [7, 11) is 0. The summed E-state index contributed by atoms with van der Waals surface area (Å²) in [5.41, 5.74) is 1.75. The summed E-state index contributed by atoms with van der Waals surface area (Å²) in [4.78, 5) is 18.1. The molecule has 1 aromatic carbocycles. The predicted molar refractivity (Wildman–Crippen MR) is 91.2 cm³/mol. The van der Waals surface area contributed by atoms with E-state index in [1.165, 1.54) is 0 Å². The Labute approximate surface area is 140 Å². The van der Waals surface area contributed by atoms with Crippen molar-refractivity contribution in [3.05, 3.63) is 52.3 Å². The average molecular weight is 338 g/mol. The number of hydrogen-bond acceptors (Lipinski definition) is 3. The molecule has 1 N–H and O–H groups in total. The smallest absolute Gasteiger partial charge is 0.272 e. The molecule has 22 heavy (non-hydrogen) atoms. The lowest BCUT2D eigenvalue weighted by Gasteiger charge is -2.18. The number of amides is 1. The predicted octanol–water partition coefficient (Wildman–Crippen LogP) is 4.61. The van der Waals surface area contributed by atoms with Gasteiger partial charge in [-0.15, -0.1) is 0 Å². The minimum absolute atomic E-state index is 0.0766. The molecule has 116 valence electrons. The van der Waals surface area contributed by atoms with Crippen molar-refractivity contribution in [3.63, 3.8) is 0 Å². The number of anilines is 2. The van der Waals surface area contributed by atoms with Gasteiger partial charge in [0.2, 0.25) is 0 Å². The molecule has 0 atom stereocenters. The molecule has 0 spiro atoms. The number of pyridine rings is 1. The minimum Gasteiger partial charge on any atom is -0.352 e. The lowest BCUT2D eigenvalue weighted by Crippen LogP contribution is -2.31. The molecule has 0 saturated heterocycles. The van der Waals surface area contributed by atoms with Gasteiger partial charge in [0.25, 0.3) is 5.91 Å². The van der Waals surface area contributed by atoms with Gasteiger partial charge in [0.05, 0.1) is 27.6 Å². The number of rotatable bonds is 5. The molecule has 1 aromatic heterocycles. The van der Waals surface area contributed by atoms with Gasteiger partial charge in [0.15, 0.2) is 0 Å². The van der Waals surface area contributed by atoms with Crippen molar-refractivity contribution in [2.24, 2.45) is 0 Å². The third-order valence-corrected chi connectivity index (χ3v) is 3.90. The first-order valence-electron chi connectivity index (χ1n) is 7.03. The fourth-order valence-electron chi connectivity index (χ4n) is 2.03. The summed E-state index contributed by atoms with van der Waals surface area (Å²) >= 11 is 12.2. The normalized spacial score (nSPS) is 10.4. The number of carbonyl (C=O) groups excluding carboxylic acids is 1. The van der Waals surface area contributed by atoms with Crippen molar-refractivity contribution in [2.45, 2.75) is 13.8 Å². The van der Waals surface area contributed by atoms with Crippen molar-refractivity contribution in [1.29, 1.82) is 0 Å². The summed E-state index contributed by atoms with van der Waals surface area (Å²) < 4.78 is 0. The largest absolute Gasteiger partial charge is 0.352 e. The van der Waals surface area contributed by atoms with Gasteiger partial charge in [0.1, 0.15) is 5.69 Å². The second kappa shape index (κ2) is 7.47. The molecule has 1 heterocycles. The summed E-state index contributed by atoms with van der Waals surface area (Å²) in [6.45, 7) is 5.20. The van der Waals surface area contributed by atoms with Crippen molar-refractivity contribution < 1.29 is 4.79 Å². The summed E-state index contributed by atoms with van der Waals surface area (Å²) in [5.74, 6) is -0.0766. The molecule has 0 bridgehead atoms. The van der Waals surface area contributed by atoms with Crippen molar-refractivity contribution >= 4 is 40.5 Å². The van der Waals surface area contributed by atoms with Crippen molar-refractivity contribution in [3.8, 4) is 0 Å². The molecular formula is C16H17Cl2N3O. The van der Waals surface area contributed by atoms with E-state index < -0.39 is 0 Å². The Balaban J connectivity index is 2.17. The topological polar surface area (TPSA) is 45.2 Å². The third kappa shape index (κ3) is 3.70. The Morgan fingerprint density at radius 3 is 2.27 bits per heavy atom. The Kier molecular flexibility index (Phi) is 5.63. The van der Waals surface area contributed by atoms with Gasteiger partial charge in [-0.2, -0.15) is 0 Å². The highest BCUT2D eigenvalue weighted by Gasteiger charge is 2.13. The maximum Gasteiger partial charge on any atom is 0.272 e. The van der Waals surface area contributed by atoms with Gasteiger partial charge in [-0.1, -0.05) is 29.3 Å². The van der Waals surface area contributed by atoms with E-state index in [1.54, 1.807) is 41.4 Å². The van der Waals surface area contributed by atoms with Crippen LogP contribution >= 0.6 is 23.2 Å². The second-order valence-electron chi connectivity index (χ2n) is 4.63. The van der Waals surface area contributed by atoms with E-state index in [9.17, 15) is 4.79 Å². The molecule has 2 rings (SSSR count). The molecule has 0 aliphatic rings. The van der Waals surface area contributed by atoms with E-state index in [1.807, 2.05) is 13.8 Å². The number of benzene rings is 1. The van der Waals surface area contributed by atoms with Gasteiger partial charge in [0, 0.05) is 13.1 Å². The van der Waals surface area contributed by atoms with Crippen LogP contribution in [0.1, 0.15) is 24.3 Å². The molecule has 6 heteroatoms. The summed E-state index contributed by atoms with van der Waals surface area (Å²) in [5, 5.41) is 4.16. The van der Waals surface area contributed by atoms with Crippen LogP contribution in [0.4, 0.5) is 11.4 Å². The first kappa shape index (κ1) is 16.6. The van der Waals surface area contributed by atoms with Gasteiger partial charge < -0.3 is 10.2 Å². The van der Waals surface area contributed by atoms with Crippen molar-refractivity contribution in [2.75, 3.05) is 18.4 Å². The quantitative estimate of drug-likeness (QED) is 0.866. The SMILES string of the molecule is CCN(CC)C(=O)c1ccc(Nc2c(Cl)cccc2Cl)cn1. The highest BCUT2D eigenvalue weighted by molar-refractivity contribution is 6.39. The molecule has 2 aromatic rings. The molecule has 0 aliphatic heterocycles. The van der Waals surface area contributed by atoms with Crippen molar-refractivity contribution in [1.82, 2.24) is 9.88 Å². The first-order chi connectivity index (χ1) is 10.6. The van der Waals surface area contributed by atoms with Crippen LogP contribution in [0.3, 0.4) is 0 Å². The van der Waals surface area contributed by atoms with Crippen LogP contribution < -0.4 is 5.32 Å². The zero-order chi connectivity index (χ0) is 16.1. The second-order valence-corrected chi connectivity index (χ2v) is 5.45. The van der Waals surface area contributed by atoms with Crippen LogP contribution in [-0.4, -0.2) is 28.9 Å². The fraction of sp³-hybridized carbons (Fsp3) is 0.250. The van der Waals surface area contributed by atoms with Crippen LogP contribution in [0.5, 0.6) is 0 Å². The lowest BCUT2D eigenvalue weighted by atomic mass is 10.2. The van der Waals surface area contributed by atoms with E-state index in [4.69, 9.17) is 23.2 Å². The van der Waals surface area contributed by atoms with Crippen LogP contribution in [0.25, 0.3) is 0 Å². The van der Waals surface area contributed by atoms with E-state index in [-0.39, 0.29) is 5.91 Å².